The third kappa shape index (κ3) is 4.28. The highest BCUT2D eigenvalue weighted by Crippen LogP contribution is 2.35. The van der Waals surface area contributed by atoms with Crippen molar-refractivity contribution in [3.8, 4) is 0 Å². The zero-order valence-electron chi connectivity index (χ0n) is 16.0. The second-order valence-electron chi connectivity index (χ2n) is 7.13. The lowest BCUT2D eigenvalue weighted by Gasteiger charge is -2.21. The smallest absolute Gasteiger partial charge is 0.337 e. The summed E-state index contributed by atoms with van der Waals surface area (Å²) in [4.78, 5) is 11.6. The number of furan rings is 1. The Kier molecular flexibility index (Phi) is 5.76. The second kappa shape index (κ2) is 8.05. The molecule has 4 nitrogen and oxygen atoms in total. The van der Waals surface area contributed by atoms with Crippen LogP contribution in [0.2, 0.25) is 5.02 Å². The highest BCUT2D eigenvalue weighted by Gasteiger charge is 2.22. The van der Waals surface area contributed by atoms with Gasteiger partial charge in [0.25, 0.3) is 0 Å². The highest BCUT2D eigenvalue weighted by molar-refractivity contribution is 6.31. The fraction of sp³-hybridized carbons (Fsp3) is 0.318. The van der Waals surface area contributed by atoms with Gasteiger partial charge < -0.3 is 14.5 Å². The number of rotatable bonds is 6. The summed E-state index contributed by atoms with van der Waals surface area (Å²) in [5.41, 5.74) is 3.38. The Labute approximate surface area is 164 Å². The monoisotopic (exact) mass is 385 g/mol. The van der Waals surface area contributed by atoms with E-state index in [1.165, 1.54) is 7.11 Å². The Morgan fingerprint density at radius 2 is 1.89 bits per heavy atom. The van der Waals surface area contributed by atoms with Gasteiger partial charge in [0.1, 0.15) is 11.3 Å². The minimum atomic E-state index is -0.342. The van der Waals surface area contributed by atoms with E-state index < -0.39 is 0 Å². The van der Waals surface area contributed by atoms with Gasteiger partial charge in [-0.15, -0.1) is 0 Å². The van der Waals surface area contributed by atoms with Crippen molar-refractivity contribution in [1.29, 1.82) is 0 Å². The molecule has 142 valence electrons. The molecule has 0 saturated heterocycles. The number of carbonyl (C=O) groups is 1. The van der Waals surface area contributed by atoms with E-state index >= 15 is 0 Å². The number of methoxy groups -OCH3 is 1. The van der Waals surface area contributed by atoms with E-state index in [-0.39, 0.29) is 12.0 Å². The van der Waals surface area contributed by atoms with Crippen molar-refractivity contribution in [2.24, 2.45) is 5.92 Å². The van der Waals surface area contributed by atoms with Gasteiger partial charge in [0.2, 0.25) is 0 Å². The Bertz CT molecular complexity index is 944. The van der Waals surface area contributed by atoms with Gasteiger partial charge in [-0.2, -0.15) is 0 Å². The number of nitrogens with one attached hydrogen (secondary N) is 1. The van der Waals surface area contributed by atoms with Crippen LogP contribution < -0.4 is 5.32 Å². The number of benzene rings is 2. The molecule has 27 heavy (non-hydrogen) atoms. The summed E-state index contributed by atoms with van der Waals surface area (Å²) < 4.78 is 10.9. The normalized spacial score (nSPS) is 12.4. The predicted octanol–water partition coefficient (Wildman–Crippen LogP) is 6.38. The van der Waals surface area contributed by atoms with E-state index in [4.69, 9.17) is 20.8 Å². The van der Waals surface area contributed by atoms with Gasteiger partial charge >= 0.3 is 5.97 Å². The number of fused-ring (bicyclic) bond motifs is 1. The van der Waals surface area contributed by atoms with Crippen LogP contribution in [0.3, 0.4) is 0 Å². The summed E-state index contributed by atoms with van der Waals surface area (Å²) in [6.45, 7) is 6.43. The summed E-state index contributed by atoms with van der Waals surface area (Å²) in [7, 11) is 1.38. The average Bonchev–Trinajstić information content (AvgIpc) is 2.97. The first kappa shape index (κ1) is 19.3. The maximum Gasteiger partial charge on any atom is 0.337 e. The number of carbonyl (C=O) groups excluding carboxylic acids is 1. The van der Waals surface area contributed by atoms with E-state index in [1.54, 1.807) is 12.1 Å². The molecule has 5 heteroatoms. The third-order valence-electron chi connectivity index (χ3n) is 4.61. The molecule has 0 saturated carbocycles. The molecule has 3 aromatic rings. The Hall–Kier alpha value is -2.46. The standard InChI is InChI=1S/C22H24ClNO3/c1-13(2)11-19(24-17-8-5-15(6-9-17)22(25)26-4)21-14(3)18-12-16(23)7-10-20(18)27-21/h5-10,12-13,19,24H,11H2,1-4H3. The van der Waals surface area contributed by atoms with E-state index in [0.29, 0.717) is 16.5 Å². The van der Waals surface area contributed by atoms with Crippen LogP contribution in [0.1, 0.15) is 48.0 Å². The summed E-state index contributed by atoms with van der Waals surface area (Å²) in [5, 5.41) is 5.28. The average molecular weight is 386 g/mol. The first-order chi connectivity index (χ1) is 12.9. The Morgan fingerprint density at radius 3 is 2.52 bits per heavy atom. The van der Waals surface area contributed by atoms with Crippen LogP contribution in [-0.4, -0.2) is 13.1 Å². The molecule has 0 spiro atoms. The molecule has 0 radical (unpaired) electrons. The molecular formula is C22H24ClNO3. The van der Waals surface area contributed by atoms with Crippen molar-refractivity contribution in [2.75, 3.05) is 12.4 Å². The van der Waals surface area contributed by atoms with E-state index in [0.717, 1.165) is 34.4 Å². The first-order valence-electron chi connectivity index (χ1n) is 9.02. The fourth-order valence-electron chi connectivity index (χ4n) is 3.27. The molecule has 0 aliphatic carbocycles. The number of anilines is 1. The minimum Gasteiger partial charge on any atom is -0.465 e. The largest absolute Gasteiger partial charge is 0.465 e. The fourth-order valence-corrected chi connectivity index (χ4v) is 3.44. The molecule has 0 fully saturated rings. The maximum atomic E-state index is 11.6. The summed E-state index contributed by atoms with van der Waals surface area (Å²) in [5.74, 6) is 1.05. The molecule has 1 unspecified atom stereocenters. The van der Waals surface area contributed by atoms with Gasteiger partial charge in [0, 0.05) is 21.7 Å². The van der Waals surface area contributed by atoms with Gasteiger partial charge in [-0.05, 0) is 61.7 Å². The summed E-state index contributed by atoms with van der Waals surface area (Å²) >= 11 is 6.15. The molecule has 2 aromatic carbocycles. The number of halogens is 1. The van der Waals surface area contributed by atoms with E-state index in [1.807, 2.05) is 30.3 Å². The van der Waals surface area contributed by atoms with Crippen molar-refractivity contribution >= 4 is 34.2 Å². The zero-order chi connectivity index (χ0) is 19.6. The molecule has 1 heterocycles. The summed E-state index contributed by atoms with van der Waals surface area (Å²) in [6, 6.07) is 13.0. The maximum absolute atomic E-state index is 11.6. The van der Waals surface area contributed by atoms with Crippen LogP contribution in [0.15, 0.2) is 46.9 Å². The quantitative estimate of drug-likeness (QED) is 0.500. The first-order valence-corrected chi connectivity index (χ1v) is 9.40. The number of esters is 1. The molecule has 3 rings (SSSR count). The number of ether oxygens (including phenoxy) is 1. The van der Waals surface area contributed by atoms with Crippen molar-refractivity contribution < 1.29 is 13.9 Å². The molecule has 0 aliphatic heterocycles. The van der Waals surface area contributed by atoms with Crippen molar-refractivity contribution in [3.63, 3.8) is 0 Å². The topological polar surface area (TPSA) is 51.5 Å². The number of hydrogen-bond acceptors (Lipinski definition) is 4. The lowest BCUT2D eigenvalue weighted by molar-refractivity contribution is 0.0601. The van der Waals surface area contributed by atoms with Crippen LogP contribution in [-0.2, 0) is 4.74 Å². The van der Waals surface area contributed by atoms with Gasteiger partial charge in [0.05, 0.1) is 18.7 Å². The Morgan fingerprint density at radius 1 is 1.19 bits per heavy atom. The van der Waals surface area contributed by atoms with Crippen LogP contribution in [0.25, 0.3) is 11.0 Å². The predicted molar refractivity (Wildman–Crippen MR) is 110 cm³/mol. The van der Waals surface area contributed by atoms with Crippen molar-refractivity contribution in [3.05, 3.63) is 64.4 Å². The molecule has 1 aromatic heterocycles. The Balaban J connectivity index is 1.93. The third-order valence-corrected chi connectivity index (χ3v) is 4.84. The molecule has 0 aliphatic rings. The zero-order valence-corrected chi connectivity index (χ0v) is 16.8. The minimum absolute atomic E-state index is 0.0140. The molecule has 0 bridgehead atoms. The summed E-state index contributed by atoms with van der Waals surface area (Å²) in [6.07, 6.45) is 0.910. The lowest BCUT2D eigenvalue weighted by atomic mass is 9.98. The van der Waals surface area contributed by atoms with Crippen molar-refractivity contribution in [2.45, 2.75) is 33.2 Å². The second-order valence-corrected chi connectivity index (χ2v) is 7.56. The SMILES string of the molecule is COC(=O)c1ccc(NC(CC(C)C)c2oc3ccc(Cl)cc3c2C)cc1. The molecular weight excluding hydrogens is 362 g/mol. The van der Waals surface area contributed by atoms with Crippen LogP contribution in [0, 0.1) is 12.8 Å². The molecule has 1 atom stereocenters. The van der Waals surface area contributed by atoms with Crippen LogP contribution in [0.5, 0.6) is 0 Å². The van der Waals surface area contributed by atoms with E-state index in [2.05, 4.69) is 26.1 Å². The van der Waals surface area contributed by atoms with Crippen LogP contribution >= 0.6 is 11.6 Å². The van der Waals surface area contributed by atoms with Gasteiger partial charge in [-0.25, -0.2) is 4.79 Å². The number of aryl methyl sites for hydroxylation is 1. The highest BCUT2D eigenvalue weighted by atomic mass is 35.5. The van der Waals surface area contributed by atoms with Gasteiger partial charge in [-0.3, -0.25) is 0 Å². The van der Waals surface area contributed by atoms with Crippen molar-refractivity contribution in [1.82, 2.24) is 0 Å². The van der Waals surface area contributed by atoms with Gasteiger partial charge in [-0.1, -0.05) is 25.4 Å². The van der Waals surface area contributed by atoms with Crippen LogP contribution in [0.4, 0.5) is 5.69 Å². The lowest BCUT2D eigenvalue weighted by Crippen LogP contribution is -2.14. The number of hydrogen-bond donors (Lipinski definition) is 1. The molecule has 1 N–H and O–H groups in total. The molecule has 0 amide bonds. The van der Waals surface area contributed by atoms with E-state index in [9.17, 15) is 4.79 Å². The van der Waals surface area contributed by atoms with Gasteiger partial charge in [0.15, 0.2) is 0 Å².